The first kappa shape index (κ1) is 12.4. The van der Waals surface area contributed by atoms with Crippen LogP contribution in [-0.4, -0.2) is 24.3 Å². The highest BCUT2D eigenvalue weighted by atomic mass is 127. The Bertz CT molecular complexity index is 723. The summed E-state index contributed by atoms with van der Waals surface area (Å²) in [6, 6.07) is 6.02. The Morgan fingerprint density at radius 3 is 2.70 bits per heavy atom. The molecule has 0 saturated carbocycles. The maximum Gasteiger partial charge on any atom is 0.153 e. The zero-order chi connectivity index (χ0) is 13.7. The molecule has 20 heavy (non-hydrogen) atoms. The van der Waals surface area contributed by atoms with Crippen LogP contribution in [0, 0.1) is 9.49 Å². The number of furan rings is 1. The van der Waals surface area contributed by atoms with Crippen LogP contribution in [0.3, 0.4) is 0 Å². The molecule has 0 spiro atoms. The lowest BCUT2D eigenvalue weighted by atomic mass is 9.84. The molecule has 1 aromatic heterocycles. The molecule has 4 heterocycles. The van der Waals surface area contributed by atoms with Gasteiger partial charge in [-0.25, -0.2) is 0 Å². The maximum atomic E-state index is 11.2. The molecule has 0 unspecified atom stereocenters. The van der Waals surface area contributed by atoms with Gasteiger partial charge in [0.25, 0.3) is 0 Å². The number of benzene rings is 1. The lowest BCUT2D eigenvalue weighted by molar-refractivity contribution is 0.112. The Hall–Kier alpha value is -1.30. The van der Waals surface area contributed by atoms with Gasteiger partial charge in [0.1, 0.15) is 11.3 Å². The first-order valence-electron chi connectivity index (χ1n) is 6.89. The summed E-state index contributed by atoms with van der Waals surface area (Å²) in [5.41, 5.74) is 2.65. The Kier molecular flexibility index (Phi) is 2.87. The number of hydrogen-bond acceptors (Lipinski definition) is 3. The van der Waals surface area contributed by atoms with Gasteiger partial charge in [0, 0.05) is 33.8 Å². The second kappa shape index (κ2) is 4.62. The minimum atomic E-state index is 0.610. The van der Waals surface area contributed by atoms with Gasteiger partial charge in [0.2, 0.25) is 0 Å². The van der Waals surface area contributed by atoms with E-state index in [4.69, 9.17) is 4.42 Å². The minimum absolute atomic E-state index is 0.610. The summed E-state index contributed by atoms with van der Waals surface area (Å²) in [5, 5.41) is 1.02. The van der Waals surface area contributed by atoms with E-state index in [0.717, 1.165) is 34.1 Å². The summed E-state index contributed by atoms with van der Waals surface area (Å²) in [6.45, 7) is 2.32. The molecule has 102 valence electrons. The van der Waals surface area contributed by atoms with E-state index in [2.05, 4.69) is 45.8 Å². The van der Waals surface area contributed by atoms with Gasteiger partial charge >= 0.3 is 0 Å². The van der Waals surface area contributed by atoms with E-state index in [9.17, 15) is 4.79 Å². The van der Waals surface area contributed by atoms with Crippen molar-refractivity contribution in [1.29, 1.82) is 0 Å². The molecule has 0 N–H and O–H groups in total. The summed E-state index contributed by atoms with van der Waals surface area (Å²) in [7, 11) is 0. The number of hydrogen-bond donors (Lipinski definition) is 0. The van der Waals surface area contributed by atoms with Crippen molar-refractivity contribution in [2.24, 2.45) is 5.92 Å². The number of allylic oxidation sites excluding steroid dienone is 1. The monoisotopic (exact) mass is 379 g/mol. The molecule has 0 atom stereocenters. The van der Waals surface area contributed by atoms with Crippen LogP contribution in [0.15, 0.2) is 28.8 Å². The third kappa shape index (κ3) is 1.89. The summed E-state index contributed by atoms with van der Waals surface area (Å²) in [6.07, 6.45) is 5.53. The van der Waals surface area contributed by atoms with Gasteiger partial charge in [-0.15, -0.1) is 0 Å². The van der Waals surface area contributed by atoms with Crippen LogP contribution < -0.4 is 0 Å². The maximum absolute atomic E-state index is 11.2. The van der Waals surface area contributed by atoms with E-state index in [1.165, 1.54) is 18.4 Å². The highest BCUT2D eigenvalue weighted by molar-refractivity contribution is 14.1. The molecule has 2 aromatic rings. The fourth-order valence-electron chi connectivity index (χ4n) is 3.28. The molecule has 0 amide bonds. The second-order valence-electron chi connectivity index (χ2n) is 5.54. The van der Waals surface area contributed by atoms with E-state index in [1.54, 1.807) is 0 Å². The molecule has 5 rings (SSSR count). The predicted molar refractivity (Wildman–Crippen MR) is 86.6 cm³/mol. The first-order chi connectivity index (χ1) is 9.74. The van der Waals surface area contributed by atoms with Crippen LogP contribution in [0.4, 0.5) is 0 Å². The van der Waals surface area contributed by atoms with Gasteiger partial charge in [-0.2, -0.15) is 0 Å². The predicted octanol–water partition coefficient (Wildman–Crippen LogP) is 3.92. The lowest BCUT2D eigenvalue weighted by Crippen LogP contribution is -2.35. The molecular formula is C16H14INO2. The van der Waals surface area contributed by atoms with Crippen LogP contribution in [0.5, 0.6) is 0 Å². The fourth-order valence-corrected chi connectivity index (χ4v) is 3.95. The third-order valence-electron chi connectivity index (χ3n) is 4.31. The number of carbonyl (C=O) groups excluding carboxylic acids is 1. The van der Waals surface area contributed by atoms with Crippen molar-refractivity contribution in [3.8, 4) is 0 Å². The van der Waals surface area contributed by atoms with Crippen molar-refractivity contribution >= 4 is 45.4 Å². The van der Waals surface area contributed by atoms with Crippen molar-refractivity contribution in [2.75, 3.05) is 13.1 Å². The topological polar surface area (TPSA) is 33.5 Å². The minimum Gasteiger partial charge on any atom is -0.456 e. The van der Waals surface area contributed by atoms with Crippen molar-refractivity contribution in [3.63, 3.8) is 0 Å². The molecule has 2 bridgehead atoms. The van der Waals surface area contributed by atoms with Gasteiger partial charge in [0.15, 0.2) is 6.29 Å². The van der Waals surface area contributed by atoms with E-state index < -0.39 is 0 Å². The van der Waals surface area contributed by atoms with Gasteiger partial charge in [0.05, 0.1) is 5.56 Å². The van der Waals surface area contributed by atoms with Gasteiger partial charge in [-0.05, 0) is 59.5 Å². The Morgan fingerprint density at radius 1 is 1.25 bits per heavy atom. The van der Waals surface area contributed by atoms with Crippen molar-refractivity contribution in [3.05, 3.63) is 39.3 Å². The molecule has 0 radical (unpaired) electrons. The Labute approximate surface area is 130 Å². The van der Waals surface area contributed by atoms with Gasteiger partial charge < -0.3 is 9.32 Å². The molecule has 0 aliphatic carbocycles. The van der Waals surface area contributed by atoms with Crippen LogP contribution in [0.1, 0.15) is 29.0 Å². The SMILES string of the molecule is O=Cc1cc(I)cc2cc(C3=CN4CCC3CC4)oc12. The second-order valence-corrected chi connectivity index (χ2v) is 6.78. The van der Waals surface area contributed by atoms with Crippen LogP contribution in [0.2, 0.25) is 0 Å². The van der Waals surface area contributed by atoms with Crippen LogP contribution >= 0.6 is 22.6 Å². The summed E-state index contributed by atoms with van der Waals surface area (Å²) in [4.78, 5) is 13.6. The summed E-state index contributed by atoms with van der Waals surface area (Å²) in [5.74, 6) is 1.54. The van der Waals surface area contributed by atoms with Crippen LogP contribution in [0.25, 0.3) is 16.5 Å². The first-order valence-corrected chi connectivity index (χ1v) is 7.97. The fraction of sp³-hybridized carbons (Fsp3) is 0.312. The van der Waals surface area contributed by atoms with E-state index in [1.807, 2.05) is 6.07 Å². The molecule has 4 heteroatoms. The van der Waals surface area contributed by atoms with Crippen molar-refractivity contribution in [1.82, 2.24) is 4.90 Å². The average molecular weight is 379 g/mol. The molecule has 3 aliphatic rings. The average Bonchev–Trinajstić information content (AvgIpc) is 2.91. The molecule has 3 aliphatic heterocycles. The molecule has 3 nitrogen and oxygen atoms in total. The normalized spacial score (nSPS) is 18.6. The molecule has 1 saturated heterocycles. The Balaban J connectivity index is 1.87. The number of aldehydes is 1. The Morgan fingerprint density at radius 2 is 2.05 bits per heavy atom. The number of fused-ring (bicyclic) bond motifs is 3. The zero-order valence-corrected chi connectivity index (χ0v) is 13.1. The molecule has 1 aromatic carbocycles. The quantitative estimate of drug-likeness (QED) is 0.586. The van der Waals surface area contributed by atoms with Crippen molar-refractivity contribution in [2.45, 2.75) is 12.8 Å². The summed E-state index contributed by atoms with van der Waals surface area (Å²) < 4.78 is 7.07. The standard InChI is InChI=1S/C16H14INO2/c17-13-5-11-7-15(20-16(11)12(6-13)9-19)14-8-18-3-1-10(14)2-4-18/h5-10H,1-4H2. The summed E-state index contributed by atoms with van der Waals surface area (Å²) >= 11 is 2.24. The number of nitrogens with zero attached hydrogens (tertiary/aromatic N) is 1. The number of piperidine rings is 1. The highest BCUT2D eigenvalue weighted by Gasteiger charge is 2.29. The smallest absolute Gasteiger partial charge is 0.153 e. The van der Waals surface area contributed by atoms with E-state index >= 15 is 0 Å². The third-order valence-corrected chi connectivity index (χ3v) is 4.94. The van der Waals surface area contributed by atoms with E-state index in [-0.39, 0.29) is 0 Å². The van der Waals surface area contributed by atoms with Gasteiger partial charge in [-0.3, -0.25) is 4.79 Å². The van der Waals surface area contributed by atoms with Gasteiger partial charge in [-0.1, -0.05) is 0 Å². The zero-order valence-electron chi connectivity index (χ0n) is 10.9. The van der Waals surface area contributed by atoms with E-state index in [0.29, 0.717) is 17.1 Å². The lowest BCUT2D eigenvalue weighted by Gasteiger charge is -2.38. The number of rotatable bonds is 2. The molecular weight excluding hydrogens is 365 g/mol. The highest BCUT2D eigenvalue weighted by Crippen LogP contribution is 2.39. The number of halogens is 1. The number of carbonyl (C=O) groups is 1. The van der Waals surface area contributed by atoms with Crippen LogP contribution in [-0.2, 0) is 0 Å². The van der Waals surface area contributed by atoms with Crippen molar-refractivity contribution < 1.29 is 9.21 Å². The largest absolute Gasteiger partial charge is 0.456 e. The molecule has 1 fully saturated rings.